The Kier molecular flexibility index (Phi) is 21.9. The van der Waals surface area contributed by atoms with Gasteiger partial charge in [-0.15, -0.1) is 0 Å². The average molecular weight is 563 g/mol. The Bertz CT molecular complexity index is 1080. The average Bonchev–Trinajstić information content (AvgIpc) is 2.80. The molecule has 0 aromatic carbocycles. The molecule has 0 radical (unpaired) electrons. The standard InChI is InChI=1S/C8H13N3.C7H9ClN2.C7H12O3.C2H6N2.C2H3N.4H2/c1-5-6(2)10-7(3)11-8(5)9-4;1-4-5(2)9-6(3)10-7(4)8;1-4-10-7(9)5(2)6(3)8;1-2(3)4;1-2-3;;;;/h1-4H3,(H,9,10,11);1-3H3;5H,4H2,1-3H3;1H3,(H3,3,4);1H3;4*1H/i;;;;;4*1+1. The maximum atomic E-state index is 10.7. The smallest absolute Gasteiger partial charge is 0.316 e. The zero-order chi connectivity index (χ0) is 30.6. The summed E-state index contributed by atoms with van der Waals surface area (Å²) in [5, 5.41) is 17.2. The van der Waals surface area contributed by atoms with Gasteiger partial charge in [-0.05, 0) is 69.2 Å². The number of halogens is 1. The SMILES string of the molecule is CC#N.CC(=N)N.CCOC(=O)C(C)C(C)=O.CNc1nc(C)nc(C)c1C.Cc1nc(C)c(C)c(Cl)n1.[2HH].[2HH].[2HH].[2HH]. The Hall–Kier alpha value is -3.65. The zero-order valence-electron chi connectivity index (χ0n) is 24.7. The van der Waals surface area contributed by atoms with Crippen LogP contribution in [0.3, 0.4) is 0 Å². The largest absolute Gasteiger partial charge is 0.465 e. The molecule has 0 bridgehead atoms. The maximum absolute atomic E-state index is 10.7. The number of hydrogen-bond acceptors (Lipinski definition) is 10. The number of hydrogen-bond donors (Lipinski definition) is 3. The summed E-state index contributed by atoms with van der Waals surface area (Å²) in [6.07, 6.45) is 0. The molecular formula is C26H51ClN8O3. The van der Waals surface area contributed by atoms with Crippen molar-refractivity contribution < 1.29 is 20.0 Å². The van der Waals surface area contributed by atoms with Gasteiger partial charge in [0.25, 0.3) is 0 Å². The fraction of sp³-hybridized carbons (Fsp3) is 0.538. The molecule has 0 saturated carbocycles. The van der Waals surface area contributed by atoms with Gasteiger partial charge < -0.3 is 15.8 Å². The molecule has 220 valence electrons. The molecule has 4 N–H and O–H groups in total. The van der Waals surface area contributed by atoms with Crippen LogP contribution in [-0.4, -0.2) is 51.2 Å². The van der Waals surface area contributed by atoms with Crippen LogP contribution < -0.4 is 11.1 Å². The molecule has 0 aliphatic heterocycles. The van der Waals surface area contributed by atoms with E-state index in [0.717, 1.165) is 40.0 Å². The predicted molar refractivity (Wildman–Crippen MR) is 161 cm³/mol. The van der Waals surface area contributed by atoms with Crippen LogP contribution in [0.25, 0.3) is 0 Å². The molecule has 0 aliphatic rings. The molecule has 2 aromatic rings. The van der Waals surface area contributed by atoms with Gasteiger partial charge in [0.1, 0.15) is 34.3 Å². The number of anilines is 1. The summed E-state index contributed by atoms with van der Waals surface area (Å²) in [5.74, 6) is 1.44. The van der Waals surface area contributed by atoms with E-state index in [1.54, 1.807) is 19.9 Å². The van der Waals surface area contributed by atoms with Crippen molar-refractivity contribution in [3.8, 4) is 6.07 Å². The van der Waals surface area contributed by atoms with Crippen LogP contribution in [0, 0.1) is 64.2 Å². The van der Waals surface area contributed by atoms with Crippen LogP contribution in [0.15, 0.2) is 0 Å². The lowest BCUT2D eigenvalue weighted by atomic mass is 10.1. The van der Waals surface area contributed by atoms with E-state index in [4.69, 9.17) is 28.0 Å². The Balaban J connectivity index is -0.0000000755. The quantitative estimate of drug-likeness (QED) is 0.137. The molecule has 0 fully saturated rings. The fourth-order valence-corrected chi connectivity index (χ4v) is 2.43. The van der Waals surface area contributed by atoms with Crippen LogP contribution >= 0.6 is 11.6 Å². The highest BCUT2D eigenvalue weighted by molar-refractivity contribution is 6.30. The van der Waals surface area contributed by atoms with Crippen molar-refractivity contribution in [3.63, 3.8) is 0 Å². The molecule has 0 aliphatic carbocycles. The number of nitrogens with zero attached hydrogens (tertiary/aromatic N) is 5. The van der Waals surface area contributed by atoms with Crippen molar-refractivity contribution in [3.05, 3.63) is 39.3 Å². The minimum absolute atomic E-state index is 0. The van der Waals surface area contributed by atoms with Crippen LogP contribution in [0.5, 0.6) is 0 Å². The van der Waals surface area contributed by atoms with Crippen LogP contribution in [0.4, 0.5) is 5.82 Å². The minimum atomic E-state index is -0.611. The van der Waals surface area contributed by atoms with E-state index in [1.165, 1.54) is 20.8 Å². The van der Waals surface area contributed by atoms with Gasteiger partial charge in [-0.3, -0.25) is 15.0 Å². The van der Waals surface area contributed by atoms with E-state index in [9.17, 15) is 9.59 Å². The molecule has 0 saturated heterocycles. The third-order valence-electron chi connectivity index (χ3n) is 4.43. The number of aromatic nitrogens is 4. The number of nitrogens with two attached hydrogens (primary N) is 1. The van der Waals surface area contributed by atoms with E-state index < -0.39 is 11.9 Å². The lowest BCUT2D eigenvalue weighted by molar-refractivity contribution is -0.150. The number of amidine groups is 1. The monoisotopic (exact) mass is 562 g/mol. The number of carbonyl (C=O) groups excluding carboxylic acids is 2. The number of nitrogens with one attached hydrogen (secondary N) is 2. The van der Waals surface area contributed by atoms with Gasteiger partial charge in [-0.1, -0.05) is 11.6 Å². The summed E-state index contributed by atoms with van der Waals surface area (Å²) in [7, 11) is 1.87. The van der Waals surface area contributed by atoms with Crippen LogP contribution in [0.1, 0.15) is 74.5 Å². The van der Waals surface area contributed by atoms with Gasteiger partial charge in [0, 0.05) is 42.2 Å². The van der Waals surface area contributed by atoms with E-state index in [2.05, 4.69) is 30.0 Å². The second kappa shape index (κ2) is 21.4. The molecule has 12 heteroatoms. The first-order chi connectivity index (χ1) is 17.5. The molecule has 2 aromatic heterocycles. The van der Waals surface area contributed by atoms with Gasteiger partial charge in [-0.25, -0.2) is 19.9 Å². The number of carbonyl (C=O) groups is 2. The van der Waals surface area contributed by atoms with Crippen molar-refractivity contribution in [1.29, 1.82) is 10.7 Å². The lowest BCUT2D eigenvalue weighted by Crippen LogP contribution is -2.20. The van der Waals surface area contributed by atoms with E-state index in [0.29, 0.717) is 11.8 Å². The van der Waals surface area contributed by atoms with Crippen molar-refractivity contribution >= 4 is 35.0 Å². The van der Waals surface area contributed by atoms with Crippen molar-refractivity contribution in [2.45, 2.75) is 76.2 Å². The summed E-state index contributed by atoms with van der Waals surface area (Å²) < 4.78 is 4.61. The third kappa shape index (κ3) is 18.6. The zero-order valence-corrected chi connectivity index (χ0v) is 25.5. The predicted octanol–water partition coefficient (Wildman–Crippen LogP) is 5.73. The number of ketones is 1. The highest BCUT2D eigenvalue weighted by Crippen LogP contribution is 2.14. The molecule has 1 unspecified atom stereocenters. The molecule has 11 nitrogen and oxygen atoms in total. The second-order valence-electron chi connectivity index (χ2n) is 7.84. The summed E-state index contributed by atoms with van der Waals surface area (Å²) in [6.45, 7) is 19.5. The molecule has 0 amide bonds. The van der Waals surface area contributed by atoms with Gasteiger partial charge in [0.05, 0.1) is 18.5 Å². The Labute approximate surface area is 238 Å². The molecule has 0 spiro atoms. The lowest BCUT2D eigenvalue weighted by Gasteiger charge is -2.06. The Morgan fingerprint density at radius 3 is 1.79 bits per heavy atom. The van der Waals surface area contributed by atoms with Gasteiger partial charge in [0.15, 0.2) is 0 Å². The first-order valence-electron chi connectivity index (χ1n) is 11.8. The molecule has 2 heterocycles. The normalized spacial score (nSPS) is 9.58. The summed E-state index contributed by atoms with van der Waals surface area (Å²) >= 11 is 5.77. The Morgan fingerprint density at radius 1 is 1.05 bits per heavy atom. The third-order valence-corrected chi connectivity index (χ3v) is 4.80. The molecule has 38 heavy (non-hydrogen) atoms. The number of aryl methyl sites for hydroxylation is 4. The van der Waals surface area contributed by atoms with E-state index >= 15 is 0 Å². The van der Waals surface area contributed by atoms with Crippen LogP contribution in [0.2, 0.25) is 5.15 Å². The fourth-order valence-electron chi connectivity index (χ4n) is 2.17. The van der Waals surface area contributed by atoms with Crippen molar-refractivity contribution in [1.82, 2.24) is 19.9 Å². The number of nitriles is 1. The number of rotatable bonds is 4. The second-order valence-corrected chi connectivity index (χ2v) is 8.20. The molecular weight excluding hydrogens is 508 g/mol. The van der Waals surface area contributed by atoms with E-state index in [-0.39, 0.29) is 17.3 Å². The van der Waals surface area contributed by atoms with Crippen molar-refractivity contribution in [2.75, 3.05) is 19.0 Å². The summed E-state index contributed by atoms with van der Waals surface area (Å²) in [4.78, 5) is 37.9. The number of esters is 1. The van der Waals surface area contributed by atoms with Crippen molar-refractivity contribution in [2.24, 2.45) is 11.7 Å². The first-order valence-corrected chi connectivity index (χ1v) is 12.1. The highest BCUT2D eigenvalue weighted by Gasteiger charge is 2.17. The summed E-state index contributed by atoms with van der Waals surface area (Å²) in [5.41, 5.74) is 8.78. The minimum Gasteiger partial charge on any atom is -0.465 e. The molecule has 1 atom stereocenters. The topological polar surface area (TPSA) is 181 Å². The van der Waals surface area contributed by atoms with Gasteiger partial charge in [0.2, 0.25) is 0 Å². The maximum Gasteiger partial charge on any atom is 0.316 e. The van der Waals surface area contributed by atoms with Gasteiger partial charge in [-0.2, -0.15) is 5.26 Å². The van der Waals surface area contributed by atoms with Crippen LogP contribution in [-0.2, 0) is 14.3 Å². The number of ether oxygens (including phenoxy) is 1. The summed E-state index contributed by atoms with van der Waals surface area (Å²) in [6, 6.07) is 1.75. The first kappa shape index (κ1) is 38.9. The van der Waals surface area contributed by atoms with E-state index in [1.807, 2.05) is 48.6 Å². The Morgan fingerprint density at radius 2 is 1.45 bits per heavy atom. The highest BCUT2D eigenvalue weighted by atomic mass is 35.5. The number of Topliss-reactive ketones (excluding diaryl/α,β-unsaturated/α-hetero) is 1. The molecule has 2 rings (SSSR count). The van der Waals surface area contributed by atoms with Gasteiger partial charge >= 0.3 is 5.97 Å².